The van der Waals surface area contributed by atoms with Gasteiger partial charge in [-0.3, -0.25) is 0 Å². The van der Waals surface area contributed by atoms with Gasteiger partial charge in [0.15, 0.2) is 0 Å². The third-order valence-corrected chi connectivity index (χ3v) is 5.63. The maximum Gasteiger partial charge on any atom is 0.534 e. The Balaban J connectivity index is 1.95. The van der Waals surface area contributed by atoms with E-state index in [9.17, 15) is 26.4 Å². The summed E-state index contributed by atoms with van der Waals surface area (Å²) >= 11 is 0. The zero-order valence-corrected chi connectivity index (χ0v) is 17.2. The molecule has 1 heterocycles. The normalized spacial score (nSPS) is 18.5. The Morgan fingerprint density at radius 1 is 1.19 bits per heavy atom. The number of hydrogen-bond donors (Lipinski definition) is 1. The molecule has 0 spiro atoms. The fourth-order valence-electron chi connectivity index (χ4n) is 3.27. The summed E-state index contributed by atoms with van der Waals surface area (Å²) in [5, 5.41) is 2.70. The van der Waals surface area contributed by atoms with Crippen LogP contribution in [0.1, 0.15) is 24.0 Å². The summed E-state index contributed by atoms with van der Waals surface area (Å²) < 4.78 is 75.7. The lowest BCUT2D eigenvalue weighted by Crippen LogP contribution is -2.46. The fraction of sp³-hybridized carbons (Fsp3) is 0.350. The molecule has 0 bridgehead atoms. The van der Waals surface area contributed by atoms with Crippen molar-refractivity contribution >= 4 is 16.2 Å². The van der Waals surface area contributed by atoms with Crippen molar-refractivity contribution in [1.82, 2.24) is 5.32 Å². The topological polar surface area (TPSA) is 90.9 Å². The molecule has 11 heteroatoms. The minimum Gasteiger partial charge on any atom is -0.491 e. The molecule has 31 heavy (non-hydrogen) atoms. The molecule has 0 saturated carbocycles. The predicted molar refractivity (Wildman–Crippen MR) is 104 cm³/mol. The second-order valence-electron chi connectivity index (χ2n) is 6.76. The lowest BCUT2D eigenvalue weighted by Gasteiger charge is -2.34. The molecule has 1 N–H and O–H groups in total. The standard InChI is InChI=1S/C20H20F3NO6S/c1-2-28-19(25)24-17-12-29-18-9-8-14(30-31(26,27)20(21,22)23)11-16(18)15(17)10-13-6-4-3-5-7-13/h3-9,11,15,17H,2,10,12H2,1H3,(H,24,25). The van der Waals surface area contributed by atoms with Crippen LogP contribution in [0.25, 0.3) is 0 Å². The summed E-state index contributed by atoms with van der Waals surface area (Å²) in [5.74, 6) is -0.582. The van der Waals surface area contributed by atoms with Crippen LogP contribution in [0.15, 0.2) is 48.5 Å². The predicted octanol–water partition coefficient (Wildman–Crippen LogP) is 3.75. The first-order valence-corrected chi connectivity index (χ1v) is 10.8. The molecule has 0 saturated heterocycles. The van der Waals surface area contributed by atoms with E-state index in [0.29, 0.717) is 17.7 Å². The van der Waals surface area contributed by atoms with E-state index in [-0.39, 0.29) is 13.2 Å². The number of benzene rings is 2. The van der Waals surface area contributed by atoms with Gasteiger partial charge in [-0.15, -0.1) is 0 Å². The second kappa shape index (κ2) is 9.04. The molecule has 1 aliphatic heterocycles. The molecular weight excluding hydrogens is 439 g/mol. The first-order chi connectivity index (χ1) is 14.6. The molecule has 2 aromatic carbocycles. The maximum atomic E-state index is 12.7. The van der Waals surface area contributed by atoms with E-state index in [4.69, 9.17) is 9.47 Å². The highest BCUT2D eigenvalue weighted by Crippen LogP contribution is 2.39. The molecule has 1 aliphatic rings. The number of carbonyl (C=O) groups is 1. The van der Waals surface area contributed by atoms with Gasteiger partial charge in [-0.2, -0.15) is 21.6 Å². The number of fused-ring (bicyclic) bond motifs is 1. The lowest BCUT2D eigenvalue weighted by atomic mass is 9.84. The van der Waals surface area contributed by atoms with Crippen molar-refractivity contribution in [2.45, 2.75) is 30.8 Å². The number of alkyl halides is 3. The highest BCUT2D eigenvalue weighted by atomic mass is 32.2. The van der Waals surface area contributed by atoms with Gasteiger partial charge in [0.2, 0.25) is 0 Å². The van der Waals surface area contributed by atoms with E-state index < -0.39 is 39.4 Å². The Morgan fingerprint density at radius 2 is 1.90 bits per heavy atom. The molecule has 168 valence electrons. The zero-order valence-electron chi connectivity index (χ0n) is 16.4. The molecule has 2 unspecified atom stereocenters. The summed E-state index contributed by atoms with van der Waals surface area (Å²) in [4.78, 5) is 12.0. The van der Waals surface area contributed by atoms with E-state index in [1.165, 1.54) is 12.1 Å². The number of halogens is 3. The van der Waals surface area contributed by atoms with Crippen molar-refractivity contribution in [2.24, 2.45) is 0 Å². The SMILES string of the molecule is CCOC(=O)NC1COc2ccc(OS(=O)(=O)C(F)(F)F)cc2C1Cc1ccccc1. The fourth-order valence-corrected chi connectivity index (χ4v) is 3.72. The molecule has 7 nitrogen and oxygen atoms in total. The summed E-state index contributed by atoms with van der Waals surface area (Å²) in [5.41, 5.74) is -4.24. The van der Waals surface area contributed by atoms with Crippen molar-refractivity contribution in [1.29, 1.82) is 0 Å². The lowest BCUT2D eigenvalue weighted by molar-refractivity contribution is -0.0500. The molecule has 0 fully saturated rings. The molecule has 2 aromatic rings. The summed E-state index contributed by atoms with van der Waals surface area (Å²) in [7, 11) is -5.82. The molecule has 1 amide bonds. The highest BCUT2D eigenvalue weighted by Gasteiger charge is 2.48. The minimum atomic E-state index is -5.82. The van der Waals surface area contributed by atoms with E-state index in [0.717, 1.165) is 11.6 Å². The Morgan fingerprint density at radius 3 is 2.55 bits per heavy atom. The Labute approximate surface area is 177 Å². The van der Waals surface area contributed by atoms with E-state index in [2.05, 4.69) is 9.50 Å². The van der Waals surface area contributed by atoms with Gasteiger partial charge >= 0.3 is 21.7 Å². The summed E-state index contributed by atoms with van der Waals surface area (Å²) in [6, 6.07) is 12.3. The quantitative estimate of drug-likeness (QED) is 0.523. The average Bonchev–Trinajstić information content (AvgIpc) is 2.69. The van der Waals surface area contributed by atoms with Crippen LogP contribution in [0, 0.1) is 0 Å². The molecule has 2 atom stereocenters. The smallest absolute Gasteiger partial charge is 0.491 e. The first-order valence-electron chi connectivity index (χ1n) is 9.35. The van der Waals surface area contributed by atoms with Crippen LogP contribution in [0.4, 0.5) is 18.0 Å². The summed E-state index contributed by atoms with van der Waals surface area (Å²) in [6.45, 7) is 1.91. The van der Waals surface area contributed by atoms with Crippen LogP contribution in [-0.2, 0) is 21.3 Å². The minimum absolute atomic E-state index is 0.102. The summed E-state index contributed by atoms with van der Waals surface area (Å²) in [6.07, 6.45) is -0.256. The van der Waals surface area contributed by atoms with Crippen molar-refractivity contribution in [3.05, 3.63) is 59.7 Å². The monoisotopic (exact) mass is 459 g/mol. The van der Waals surface area contributed by atoms with Gasteiger partial charge in [0.25, 0.3) is 0 Å². The zero-order chi connectivity index (χ0) is 22.6. The van der Waals surface area contributed by atoms with Gasteiger partial charge in [0.1, 0.15) is 18.1 Å². The van der Waals surface area contributed by atoms with Crippen LogP contribution < -0.4 is 14.2 Å². The van der Waals surface area contributed by atoms with Gasteiger partial charge in [0.05, 0.1) is 12.6 Å². The van der Waals surface area contributed by atoms with Gasteiger partial charge in [-0.05, 0) is 37.1 Å². The molecule has 0 aliphatic carbocycles. The van der Waals surface area contributed by atoms with E-state index in [1.54, 1.807) is 6.92 Å². The third kappa shape index (κ3) is 5.40. The van der Waals surface area contributed by atoms with Crippen LogP contribution in [0.5, 0.6) is 11.5 Å². The number of carbonyl (C=O) groups excluding carboxylic acids is 1. The number of amides is 1. The Kier molecular flexibility index (Phi) is 6.63. The number of rotatable bonds is 6. The van der Waals surface area contributed by atoms with Gasteiger partial charge in [0, 0.05) is 11.5 Å². The number of nitrogens with one attached hydrogen (secondary N) is 1. The Bertz CT molecular complexity index is 1030. The Hall–Kier alpha value is -2.95. The van der Waals surface area contributed by atoms with Crippen LogP contribution in [-0.4, -0.2) is 39.3 Å². The van der Waals surface area contributed by atoms with Gasteiger partial charge in [-0.25, -0.2) is 4.79 Å². The third-order valence-electron chi connectivity index (χ3n) is 4.65. The maximum absolute atomic E-state index is 12.7. The molecule has 3 rings (SSSR count). The van der Waals surface area contributed by atoms with Crippen molar-refractivity contribution in [3.63, 3.8) is 0 Å². The van der Waals surface area contributed by atoms with Gasteiger partial charge < -0.3 is 19.0 Å². The van der Waals surface area contributed by atoms with E-state index >= 15 is 0 Å². The second-order valence-corrected chi connectivity index (χ2v) is 8.30. The first kappa shape index (κ1) is 22.7. The average molecular weight is 459 g/mol. The van der Waals surface area contributed by atoms with Crippen LogP contribution in [0.3, 0.4) is 0 Å². The van der Waals surface area contributed by atoms with Crippen molar-refractivity contribution < 1.29 is 40.0 Å². The number of ether oxygens (including phenoxy) is 2. The largest absolute Gasteiger partial charge is 0.534 e. The van der Waals surface area contributed by atoms with E-state index in [1.807, 2.05) is 30.3 Å². The molecular formula is C20H20F3NO6S. The highest BCUT2D eigenvalue weighted by molar-refractivity contribution is 7.88. The van der Waals surface area contributed by atoms with Crippen molar-refractivity contribution in [3.8, 4) is 11.5 Å². The van der Waals surface area contributed by atoms with Crippen molar-refractivity contribution in [2.75, 3.05) is 13.2 Å². The van der Waals surface area contributed by atoms with Crippen LogP contribution in [0.2, 0.25) is 0 Å². The van der Waals surface area contributed by atoms with Gasteiger partial charge in [-0.1, -0.05) is 30.3 Å². The number of alkyl carbamates (subject to hydrolysis) is 1. The van der Waals surface area contributed by atoms with Crippen LogP contribution >= 0.6 is 0 Å². The number of hydrogen-bond acceptors (Lipinski definition) is 6. The molecule has 0 aromatic heterocycles. The molecule has 0 radical (unpaired) electrons.